The van der Waals surface area contributed by atoms with E-state index in [0.717, 1.165) is 40.3 Å². The van der Waals surface area contributed by atoms with Gasteiger partial charge in [-0.1, -0.05) is 74.4 Å². The lowest BCUT2D eigenvalue weighted by Gasteiger charge is -2.22. The largest absolute Gasteiger partial charge is 0.460 e. The van der Waals surface area contributed by atoms with Gasteiger partial charge in [0.25, 0.3) is 0 Å². The highest BCUT2D eigenvalue weighted by atomic mass is 16.5. The predicted molar refractivity (Wildman–Crippen MR) is 183 cm³/mol. The number of esters is 1. The summed E-state index contributed by atoms with van der Waals surface area (Å²) in [6.07, 6.45) is 13.1. The Kier molecular flexibility index (Phi) is 10.4. The van der Waals surface area contributed by atoms with E-state index in [1.54, 1.807) is 25.5 Å². The van der Waals surface area contributed by atoms with E-state index in [1.807, 2.05) is 84.6 Å². The van der Waals surface area contributed by atoms with Crippen LogP contribution in [0.1, 0.15) is 49.5 Å². The van der Waals surface area contributed by atoms with E-state index >= 15 is 0 Å². The zero-order valence-electron chi connectivity index (χ0n) is 27.4. The van der Waals surface area contributed by atoms with Crippen LogP contribution in [0, 0.1) is 11.8 Å². The molecule has 0 radical (unpaired) electrons. The summed E-state index contributed by atoms with van der Waals surface area (Å²) in [5.41, 5.74) is 4.69. The molecular weight excluding hydrogens is 604 g/mol. The Morgan fingerprint density at radius 2 is 1.77 bits per heavy atom. The van der Waals surface area contributed by atoms with E-state index in [2.05, 4.69) is 22.0 Å². The van der Waals surface area contributed by atoms with E-state index in [0.29, 0.717) is 36.6 Å². The van der Waals surface area contributed by atoms with Gasteiger partial charge in [0.15, 0.2) is 0 Å². The molecule has 3 N–H and O–H groups in total. The molecule has 1 saturated carbocycles. The van der Waals surface area contributed by atoms with Gasteiger partial charge >= 0.3 is 5.97 Å². The van der Waals surface area contributed by atoms with Gasteiger partial charge in [0.2, 0.25) is 11.8 Å². The average molecular weight is 647 g/mol. The van der Waals surface area contributed by atoms with Crippen molar-refractivity contribution in [2.24, 2.45) is 11.8 Å². The molecule has 1 fully saturated rings. The third-order valence-corrected chi connectivity index (χ3v) is 8.89. The van der Waals surface area contributed by atoms with Gasteiger partial charge in [0.1, 0.15) is 18.1 Å². The first-order chi connectivity index (χ1) is 23.4. The number of rotatable bonds is 13. The van der Waals surface area contributed by atoms with Crippen molar-refractivity contribution < 1.29 is 23.5 Å². The Labute approximate surface area is 281 Å². The maximum atomic E-state index is 13.5. The Morgan fingerprint density at radius 3 is 2.56 bits per heavy atom. The number of nitrogens with zero attached hydrogens (tertiary/aromatic N) is 1. The van der Waals surface area contributed by atoms with Gasteiger partial charge in [0.05, 0.1) is 18.2 Å². The van der Waals surface area contributed by atoms with Crippen molar-refractivity contribution in [2.45, 2.75) is 58.3 Å². The molecule has 3 aliphatic rings. The van der Waals surface area contributed by atoms with Gasteiger partial charge in [-0.15, -0.1) is 0 Å². The van der Waals surface area contributed by atoms with Crippen LogP contribution in [0.3, 0.4) is 0 Å². The standard InChI is InChI=1S/C39H42N4O5/c1-26-11-15-32-16-14-31(39(46)47-25-28-7-4-3-5-8-28)23-43(32)24-34(26)37(44)42-21-29-9-6-10-30(19-29)36-18-17-33(48-36)22-41-35(38(45)40-2)20-27-12-13-27/h3-10,14-19,23-24,26-27,35,41H,11-13,20-22,25H2,1-2H3,(H,40,45)(H,42,44). The monoisotopic (exact) mass is 646 g/mol. The minimum absolute atomic E-state index is 0.00218. The van der Waals surface area contributed by atoms with Crippen LogP contribution in [0.25, 0.3) is 11.3 Å². The minimum atomic E-state index is -0.424. The van der Waals surface area contributed by atoms with Crippen LogP contribution in [0.5, 0.6) is 0 Å². The van der Waals surface area contributed by atoms with Crippen LogP contribution in [0.15, 0.2) is 119 Å². The number of carbonyl (C=O) groups excluding carboxylic acids is 3. The van der Waals surface area contributed by atoms with Crippen LogP contribution < -0.4 is 16.0 Å². The smallest absolute Gasteiger partial charge is 0.339 e. The summed E-state index contributed by atoms with van der Waals surface area (Å²) in [6.45, 7) is 3.01. The first-order valence-electron chi connectivity index (χ1n) is 16.6. The molecule has 9 nitrogen and oxygen atoms in total. The number of furan rings is 1. The van der Waals surface area contributed by atoms with Gasteiger partial charge in [-0.05, 0) is 66.2 Å². The first kappa shape index (κ1) is 32.8. The number of amides is 2. The van der Waals surface area contributed by atoms with Crippen LogP contribution in [0.4, 0.5) is 0 Å². The van der Waals surface area contributed by atoms with Crippen LogP contribution in [-0.4, -0.2) is 35.8 Å². The quantitative estimate of drug-likeness (QED) is 0.199. The molecule has 3 aromatic rings. The molecular formula is C39H42N4O5. The Hall–Kier alpha value is -5.15. The topological polar surface area (TPSA) is 113 Å². The molecule has 2 amide bonds. The number of ether oxygens (including phenoxy) is 1. The summed E-state index contributed by atoms with van der Waals surface area (Å²) < 4.78 is 11.6. The van der Waals surface area contributed by atoms with Gasteiger partial charge in [0, 0.05) is 42.8 Å². The second-order valence-electron chi connectivity index (χ2n) is 12.6. The summed E-state index contributed by atoms with van der Waals surface area (Å²) >= 11 is 0. The summed E-state index contributed by atoms with van der Waals surface area (Å²) in [5.74, 6) is 1.49. The number of fused-ring (bicyclic) bond motifs is 1. The fourth-order valence-corrected chi connectivity index (χ4v) is 5.84. The van der Waals surface area contributed by atoms with Gasteiger partial charge in [-0.3, -0.25) is 14.9 Å². The minimum Gasteiger partial charge on any atom is -0.460 e. The van der Waals surface area contributed by atoms with Crippen LogP contribution in [-0.2, 0) is 38.8 Å². The molecule has 2 aliphatic heterocycles. The molecule has 2 unspecified atom stereocenters. The second kappa shape index (κ2) is 15.2. The predicted octanol–water partition coefficient (Wildman–Crippen LogP) is 5.87. The van der Waals surface area contributed by atoms with E-state index in [4.69, 9.17) is 9.15 Å². The maximum Gasteiger partial charge on any atom is 0.339 e. The van der Waals surface area contributed by atoms with Crippen molar-refractivity contribution in [2.75, 3.05) is 7.05 Å². The number of hydrogen-bond acceptors (Lipinski definition) is 7. The van der Waals surface area contributed by atoms with Crippen molar-refractivity contribution in [3.05, 3.63) is 131 Å². The molecule has 248 valence electrons. The van der Waals surface area contributed by atoms with E-state index in [9.17, 15) is 14.4 Å². The molecule has 0 saturated heterocycles. The number of likely N-dealkylation sites (N-methyl/N-ethyl adjacent to an activating group) is 1. The lowest BCUT2D eigenvalue weighted by atomic mass is 9.98. The zero-order valence-corrected chi connectivity index (χ0v) is 27.4. The maximum absolute atomic E-state index is 13.5. The molecule has 2 aromatic carbocycles. The molecule has 9 heteroatoms. The van der Waals surface area contributed by atoms with E-state index in [1.165, 1.54) is 12.8 Å². The fourth-order valence-electron chi connectivity index (χ4n) is 5.84. The summed E-state index contributed by atoms with van der Waals surface area (Å²) in [5, 5.41) is 9.18. The number of allylic oxidation sites excluding steroid dienone is 2. The van der Waals surface area contributed by atoms with Gasteiger partial charge < -0.3 is 24.7 Å². The van der Waals surface area contributed by atoms with Crippen molar-refractivity contribution in [3.8, 4) is 11.3 Å². The van der Waals surface area contributed by atoms with Crippen molar-refractivity contribution in [3.63, 3.8) is 0 Å². The Bertz CT molecular complexity index is 1770. The average Bonchev–Trinajstić information content (AvgIpc) is 3.85. The Balaban J connectivity index is 1.06. The molecule has 1 aliphatic carbocycles. The van der Waals surface area contributed by atoms with Gasteiger partial charge in [-0.2, -0.15) is 0 Å². The SMILES string of the molecule is CNC(=O)C(CC1CC1)NCc1ccc(-c2cccc(CNC(=O)C3=CN4C=C(C(=O)OCc5ccccc5)C=CC4=CCC3C)c2)o1. The van der Waals surface area contributed by atoms with Crippen molar-refractivity contribution >= 4 is 17.8 Å². The zero-order chi connectivity index (χ0) is 33.5. The summed E-state index contributed by atoms with van der Waals surface area (Å²) in [4.78, 5) is 40.4. The molecule has 3 heterocycles. The van der Waals surface area contributed by atoms with Crippen molar-refractivity contribution in [1.29, 1.82) is 0 Å². The second-order valence-corrected chi connectivity index (χ2v) is 12.6. The number of carbonyl (C=O) groups is 3. The van der Waals surface area contributed by atoms with E-state index < -0.39 is 5.97 Å². The molecule has 2 atom stereocenters. The molecule has 1 aromatic heterocycles. The third-order valence-electron chi connectivity index (χ3n) is 8.89. The number of hydrogen-bond donors (Lipinski definition) is 3. The highest BCUT2D eigenvalue weighted by molar-refractivity contribution is 5.94. The van der Waals surface area contributed by atoms with Crippen LogP contribution in [0.2, 0.25) is 0 Å². The van der Waals surface area contributed by atoms with Crippen molar-refractivity contribution in [1.82, 2.24) is 20.9 Å². The Morgan fingerprint density at radius 1 is 0.958 bits per heavy atom. The third kappa shape index (κ3) is 8.41. The first-order valence-corrected chi connectivity index (χ1v) is 16.6. The van der Waals surface area contributed by atoms with Gasteiger partial charge in [-0.25, -0.2) is 4.79 Å². The molecule has 6 rings (SSSR count). The molecule has 0 spiro atoms. The van der Waals surface area contributed by atoms with E-state index in [-0.39, 0.29) is 30.4 Å². The fraction of sp³-hybridized carbons (Fsp3) is 0.308. The number of benzene rings is 2. The highest BCUT2D eigenvalue weighted by Crippen LogP contribution is 2.34. The molecule has 48 heavy (non-hydrogen) atoms. The molecule has 0 bridgehead atoms. The number of nitrogens with one attached hydrogen (secondary N) is 3. The lowest BCUT2D eigenvalue weighted by Crippen LogP contribution is -2.42. The lowest BCUT2D eigenvalue weighted by molar-refractivity contribution is -0.140. The normalized spacial score (nSPS) is 17.7. The summed E-state index contributed by atoms with van der Waals surface area (Å²) in [6, 6.07) is 21.1. The van der Waals surface area contributed by atoms with Crippen LogP contribution >= 0.6 is 0 Å². The summed E-state index contributed by atoms with van der Waals surface area (Å²) in [7, 11) is 1.67. The highest BCUT2D eigenvalue weighted by Gasteiger charge is 2.29.